The van der Waals surface area contributed by atoms with Crippen molar-refractivity contribution in [2.75, 3.05) is 6.61 Å². The summed E-state index contributed by atoms with van der Waals surface area (Å²) in [4.78, 5) is 47.0. The maximum absolute atomic E-state index is 12.4. The topological polar surface area (TPSA) is 117 Å². The van der Waals surface area contributed by atoms with Gasteiger partial charge in [0.15, 0.2) is 0 Å². The van der Waals surface area contributed by atoms with Gasteiger partial charge in [-0.2, -0.15) is 26.3 Å². The lowest BCUT2D eigenvalue weighted by molar-refractivity contribution is -0.212. The molecular weight excluding hydrogens is 537 g/mol. The summed E-state index contributed by atoms with van der Waals surface area (Å²) >= 11 is 1.54. The number of carbonyl (C=O) groups excluding carboxylic acids is 2. The van der Waals surface area contributed by atoms with E-state index in [1.165, 1.54) is 0 Å². The molecule has 1 aromatic rings. The number of aromatic nitrogens is 2. The normalized spacial score (nSPS) is 22.4. The minimum atomic E-state index is -5.41. The van der Waals surface area contributed by atoms with Crippen molar-refractivity contribution in [1.82, 2.24) is 9.55 Å². The van der Waals surface area contributed by atoms with Crippen molar-refractivity contribution in [3.05, 3.63) is 30.6 Å². The molecule has 3 atom stereocenters. The Hall–Kier alpha value is -2.11. The highest BCUT2D eigenvalue weighted by atomic mass is 127. The third-order valence-electron chi connectivity index (χ3n) is 3.52. The molecule has 1 saturated heterocycles. The minimum Gasteiger partial charge on any atom is -0.456 e. The summed E-state index contributed by atoms with van der Waals surface area (Å²) in [6.07, 6.45) is -15.4. The van der Waals surface area contributed by atoms with E-state index in [4.69, 9.17) is 4.74 Å². The molecule has 1 fully saturated rings. The van der Waals surface area contributed by atoms with Crippen LogP contribution < -0.4 is 11.2 Å². The molecule has 1 aliphatic rings. The SMILES string of the molecule is O=C(OC[C@@H]1O[C@H](n2cc(I)c(=O)[nH]c2=O)CC1OC(=O)C(F)(F)F)C(F)(F)F. The second-order valence-corrected chi connectivity index (χ2v) is 6.71. The Kier molecular flexibility index (Phi) is 6.65. The Labute approximate surface area is 169 Å². The van der Waals surface area contributed by atoms with Crippen molar-refractivity contribution in [3.8, 4) is 0 Å². The lowest BCUT2D eigenvalue weighted by atomic mass is 10.2. The van der Waals surface area contributed by atoms with Crippen LogP contribution in [0.5, 0.6) is 0 Å². The van der Waals surface area contributed by atoms with Gasteiger partial charge in [-0.05, 0) is 22.6 Å². The molecule has 1 N–H and O–H groups in total. The number of hydrogen-bond donors (Lipinski definition) is 1. The van der Waals surface area contributed by atoms with E-state index in [0.29, 0.717) is 0 Å². The average molecular weight is 546 g/mol. The predicted octanol–water partition coefficient (Wildman–Crippen LogP) is 1.01. The average Bonchev–Trinajstić information content (AvgIpc) is 2.96. The van der Waals surface area contributed by atoms with E-state index < -0.39 is 67.0 Å². The highest BCUT2D eigenvalue weighted by Crippen LogP contribution is 2.32. The van der Waals surface area contributed by atoms with E-state index in [0.717, 1.165) is 10.8 Å². The second kappa shape index (κ2) is 8.33. The van der Waals surface area contributed by atoms with Gasteiger partial charge in [0.2, 0.25) is 0 Å². The third kappa shape index (κ3) is 5.71. The summed E-state index contributed by atoms with van der Waals surface area (Å²) < 4.78 is 88.0. The molecule has 0 aromatic carbocycles. The molecule has 0 bridgehead atoms. The van der Waals surface area contributed by atoms with Gasteiger partial charge in [-0.25, -0.2) is 14.4 Å². The van der Waals surface area contributed by atoms with Gasteiger partial charge in [0.05, 0.1) is 3.57 Å². The molecule has 1 aliphatic heterocycles. The van der Waals surface area contributed by atoms with E-state index in [2.05, 4.69) is 9.47 Å². The van der Waals surface area contributed by atoms with Crippen molar-refractivity contribution < 1.29 is 50.1 Å². The highest BCUT2D eigenvalue weighted by molar-refractivity contribution is 14.1. The molecule has 162 valence electrons. The largest absolute Gasteiger partial charge is 0.490 e. The summed E-state index contributed by atoms with van der Waals surface area (Å²) in [5.41, 5.74) is -1.80. The van der Waals surface area contributed by atoms with Crippen molar-refractivity contribution in [3.63, 3.8) is 0 Å². The maximum Gasteiger partial charge on any atom is 0.490 e. The lowest BCUT2D eigenvalue weighted by Gasteiger charge is -2.19. The molecule has 0 saturated carbocycles. The van der Waals surface area contributed by atoms with Gasteiger partial charge in [0.25, 0.3) is 5.56 Å². The quantitative estimate of drug-likeness (QED) is 0.341. The van der Waals surface area contributed by atoms with Crippen LogP contribution in [0.15, 0.2) is 15.8 Å². The summed E-state index contributed by atoms with van der Waals surface area (Å²) in [5, 5.41) is 0. The molecule has 0 spiro atoms. The number of halogens is 7. The first kappa shape index (κ1) is 23.2. The van der Waals surface area contributed by atoms with E-state index in [-0.39, 0.29) is 3.57 Å². The zero-order chi connectivity index (χ0) is 22.1. The molecule has 0 aliphatic carbocycles. The molecule has 2 rings (SSSR count). The monoisotopic (exact) mass is 546 g/mol. The number of nitrogens with zero attached hydrogens (tertiary/aromatic N) is 1. The van der Waals surface area contributed by atoms with Crippen LogP contribution in [0.2, 0.25) is 0 Å². The molecule has 0 amide bonds. The van der Waals surface area contributed by atoms with E-state index >= 15 is 0 Å². The van der Waals surface area contributed by atoms with Crippen LogP contribution in [0.1, 0.15) is 12.6 Å². The first-order chi connectivity index (χ1) is 13.2. The van der Waals surface area contributed by atoms with Gasteiger partial charge >= 0.3 is 30.0 Å². The third-order valence-corrected chi connectivity index (χ3v) is 4.28. The lowest BCUT2D eigenvalue weighted by Crippen LogP contribution is -2.38. The van der Waals surface area contributed by atoms with Crippen LogP contribution in [0, 0.1) is 3.57 Å². The summed E-state index contributed by atoms with van der Waals surface area (Å²) in [6.45, 7) is -1.21. The summed E-state index contributed by atoms with van der Waals surface area (Å²) in [5.74, 6) is -5.29. The van der Waals surface area contributed by atoms with Crippen LogP contribution in [0.3, 0.4) is 0 Å². The Morgan fingerprint density at radius 1 is 1.17 bits per heavy atom. The molecule has 2 heterocycles. The number of nitrogens with one attached hydrogen (secondary N) is 1. The molecule has 29 heavy (non-hydrogen) atoms. The second-order valence-electron chi connectivity index (χ2n) is 5.55. The van der Waals surface area contributed by atoms with Gasteiger partial charge in [-0.15, -0.1) is 0 Å². The highest BCUT2D eigenvalue weighted by Gasteiger charge is 2.48. The van der Waals surface area contributed by atoms with Gasteiger partial charge in [0.1, 0.15) is 25.0 Å². The van der Waals surface area contributed by atoms with Crippen LogP contribution in [-0.4, -0.2) is 52.7 Å². The number of esters is 2. The van der Waals surface area contributed by atoms with Crippen LogP contribution >= 0.6 is 22.6 Å². The number of ether oxygens (including phenoxy) is 3. The molecular formula is C13H9F6IN2O7. The van der Waals surface area contributed by atoms with Gasteiger partial charge in [-0.1, -0.05) is 0 Å². The van der Waals surface area contributed by atoms with E-state index in [9.17, 15) is 45.5 Å². The zero-order valence-electron chi connectivity index (χ0n) is 13.7. The smallest absolute Gasteiger partial charge is 0.456 e. The van der Waals surface area contributed by atoms with Crippen LogP contribution in [0.25, 0.3) is 0 Å². The standard InChI is InChI=1S/C13H9F6IN2O7/c14-12(15,16)9(24)27-3-6-5(29-10(25)13(17,18)19)1-7(28-6)22-2-4(20)8(23)21-11(22)26/h2,5-7H,1,3H2,(H,21,23,26)/t5?,6-,7-/m0/s1. The molecule has 1 unspecified atom stereocenters. The summed E-state index contributed by atoms with van der Waals surface area (Å²) in [7, 11) is 0. The maximum atomic E-state index is 12.4. The Morgan fingerprint density at radius 2 is 1.76 bits per heavy atom. The number of aromatic amines is 1. The Morgan fingerprint density at radius 3 is 2.31 bits per heavy atom. The van der Waals surface area contributed by atoms with Gasteiger partial charge in [-0.3, -0.25) is 14.3 Å². The summed E-state index contributed by atoms with van der Waals surface area (Å²) in [6, 6.07) is 0. The molecule has 16 heteroatoms. The fraction of sp³-hybridized carbons (Fsp3) is 0.538. The van der Waals surface area contributed by atoms with E-state index in [1.807, 2.05) is 4.98 Å². The zero-order valence-corrected chi connectivity index (χ0v) is 15.8. The number of alkyl halides is 6. The number of carbonyl (C=O) groups is 2. The predicted molar refractivity (Wildman–Crippen MR) is 85.5 cm³/mol. The van der Waals surface area contributed by atoms with Crippen molar-refractivity contribution in [2.45, 2.75) is 37.2 Å². The van der Waals surface area contributed by atoms with Crippen molar-refractivity contribution in [2.24, 2.45) is 0 Å². The molecule has 9 nitrogen and oxygen atoms in total. The fourth-order valence-electron chi connectivity index (χ4n) is 2.26. The molecule has 1 aromatic heterocycles. The van der Waals surface area contributed by atoms with Crippen molar-refractivity contribution in [1.29, 1.82) is 0 Å². The first-order valence-corrected chi connectivity index (χ1v) is 8.46. The van der Waals surface area contributed by atoms with E-state index in [1.54, 1.807) is 22.6 Å². The Balaban J connectivity index is 2.25. The Bertz CT molecular complexity index is 909. The van der Waals surface area contributed by atoms with Gasteiger partial charge < -0.3 is 14.2 Å². The van der Waals surface area contributed by atoms with Crippen molar-refractivity contribution >= 4 is 34.5 Å². The molecule has 0 radical (unpaired) electrons. The first-order valence-electron chi connectivity index (χ1n) is 7.38. The fourth-order valence-corrected chi connectivity index (χ4v) is 2.70. The van der Waals surface area contributed by atoms with Crippen LogP contribution in [-0.2, 0) is 23.8 Å². The number of hydrogen-bond acceptors (Lipinski definition) is 7. The van der Waals surface area contributed by atoms with Crippen LogP contribution in [0.4, 0.5) is 26.3 Å². The number of rotatable bonds is 4. The minimum absolute atomic E-state index is 0.0124. The van der Waals surface area contributed by atoms with Gasteiger partial charge in [0, 0.05) is 12.6 Å². The number of H-pyrrole nitrogens is 1.